The van der Waals surface area contributed by atoms with Crippen LogP contribution in [0.2, 0.25) is 0 Å². The molecule has 1 aromatic heterocycles. The van der Waals surface area contributed by atoms with Gasteiger partial charge in [-0.2, -0.15) is 5.26 Å². The number of hydrogen-bond acceptors (Lipinski definition) is 3. The molecule has 0 unspecified atom stereocenters. The first kappa shape index (κ1) is 20.2. The molecule has 0 aliphatic carbocycles. The number of aromatic amines is 1. The molecule has 32 heavy (non-hydrogen) atoms. The lowest BCUT2D eigenvalue weighted by atomic mass is 9.89. The number of hydrogen-bond donors (Lipinski definition) is 1. The van der Waals surface area contributed by atoms with Crippen molar-refractivity contribution in [2.75, 3.05) is 18.0 Å². The second-order valence-corrected chi connectivity index (χ2v) is 8.57. The lowest BCUT2D eigenvalue weighted by molar-refractivity contribution is 0.306. The van der Waals surface area contributed by atoms with Crippen molar-refractivity contribution in [3.63, 3.8) is 0 Å². The fourth-order valence-corrected chi connectivity index (χ4v) is 4.79. The van der Waals surface area contributed by atoms with Gasteiger partial charge in [-0.15, -0.1) is 0 Å². The van der Waals surface area contributed by atoms with E-state index in [9.17, 15) is 5.26 Å². The average molecular weight is 422 g/mol. The fourth-order valence-electron chi connectivity index (χ4n) is 4.79. The average Bonchev–Trinajstić information content (AvgIpc) is 3.29. The molecule has 1 aliphatic rings. The molecule has 1 aliphatic heterocycles. The van der Waals surface area contributed by atoms with Gasteiger partial charge in [0.2, 0.25) is 0 Å². The summed E-state index contributed by atoms with van der Waals surface area (Å²) in [6.07, 6.45) is 4.06. The Morgan fingerprint density at radius 1 is 1.00 bits per heavy atom. The van der Waals surface area contributed by atoms with Gasteiger partial charge in [-0.1, -0.05) is 48.5 Å². The molecule has 0 saturated carbocycles. The summed E-state index contributed by atoms with van der Waals surface area (Å²) in [7, 11) is 0. The molecule has 0 spiro atoms. The van der Waals surface area contributed by atoms with Crippen molar-refractivity contribution < 1.29 is 4.74 Å². The maximum absolute atomic E-state index is 9.43. The molecular weight excluding hydrogens is 394 g/mol. The van der Waals surface area contributed by atoms with E-state index in [-0.39, 0.29) is 0 Å². The van der Waals surface area contributed by atoms with Gasteiger partial charge >= 0.3 is 0 Å². The maximum atomic E-state index is 9.43. The number of ether oxygens (including phenoxy) is 1. The van der Waals surface area contributed by atoms with Crippen LogP contribution in [-0.4, -0.2) is 18.1 Å². The number of nitrogens with zero attached hydrogens (tertiary/aromatic N) is 2. The predicted molar refractivity (Wildman–Crippen MR) is 129 cm³/mol. The fraction of sp³-hybridized carbons (Fsp3) is 0.250. The van der Waals surface area contributed by atoms with E-state index < -0.39 is 0 Å². The van der Waals surface area contributed by atoms with Crippen LogP contribution >= 0.6 is 0 Å². The molecule has 160 valence electrons. The molecule has 1 saturated heterocycles. The van der Waals surface area contributed by atoms with Crippen LogP contribution in [0, 0.1) is 18.3 Å². The van der Waals surface area contributed by atoms with Crippen molar-refractivity contribution in [3.05, 3.63) is 95.2 Å². The minimum absolute atomic E-state index is 0.564. The van der Waals surface area contributed by atoms with E-state index in [1.54, 1.807) is 0 Å². The van der Waals surface area contributed by atoms with Gasteiger partial charge in [0.15, 0.2) is 0 Å². The quantitative estimate of drug-likeness (QED) is 0.411. The third kappa shape index (κ3) is 3.94. The predicted octanol–water partition coefficient (Wildman–Crippen LogP) is 6.31. The molecule has 0 bridgehead atoms. The summed E-state index contributed by atoms with van der Waals surface area (Å²) in [6, 6.07) is 25.5. The van der Waals surface area contributed by atoms with E-state index in [4.69, 9.17) is 4.74 Å². The largest absolute Gasteiger partial charge is 0.489 e. The standard InChI is InChI=1S/C28H27N3O/c1-20-7-12-26(28-27(20)24(17-29)18-30-28)31-15-13-23(14-16-31)22-8-10-25(11-9-22)32-19-21-5-3-2-4-6-21/h2-12,18,23,30H,13-16,19H2,1H3. The molecule has 1 fully saturated rings. The maximum Gasteiger partial charge on any atom is 0.119 e. The normalized spacial score (nSPS) is 14.4. The molecule has 4 nitrogen and oxygen atoms in total. The van der Waals surface area contributed by atoms with Crippen LogP contribution in [0.5, 0.6) is 5.75 Å². The first-order chi connectivity index (χ1) is 15.7. The smallest absolute Gasteiger partial charge is 0.119 e. The van der Waals surface area contributed by atoms with Gasteiger partial charge < -0.3 is 14.6 Å². The lowest BCUT2D eigenvalue weighted by Gasteiger charge is -2.34. The molecule has 0 atom stereocenters. The Bertz CT molecular complexity index is 1240. The summed E-state index contributed by atoms with van der Waals surface area (Å²) in [5.41, 5.74) is 6.72. The topological polar surface area (TPSA) is 52.0 Å². The SMILES string of the molecule is Cc1ccc(N2CCC(c3ccc(OCc4ccccc4)cc3)CC2)c2[nH]cc(C#N)c12. The van der Waals surface area contributed by atoms with Crippen molar-refractivity contribution in [2.45, 2.75) is 32.3 Å². The molecule has 5 rings (SSSR count). The molecule has 1 N–H and O–H groups in total. The number of nitriles is 1. The minimum atomic E-state index is 0.564. The Balaban J connectivity index is 1.23. The van der Waals surface area contributed by atoms with E-state index >= 15 is 0 Å². The summed E-state index contributed by atoms with van der Waals surface area (Å²) < 4.78 is 5.94. The number of anilines is 1. The number of aromatic nitrogens is 1. The van der Waals surface area contributed by atoms with E-state index in [2.05, 4.69) is 71.4 Å². The highest BCUT2D eigenvalue weighted by Gasteiger charge is 2.23. The first-order valence-electron chi connectivity index (χ1n) is 11.3. The van der Waals surface area contributed by atoms with Crippen molar-refractivity contribution in [1.82, 2.24) is 4.98 Å². The van der Waals surface area contributed by atoms with Crippen LogP contribution in [0.3, 0.4) is 0 Å². The van der Waals surface area contributed by atoms with Crippen LogP contribution in [0.15, 0.2) is 72.9 Å². The monoisotopic (exact) mass is 421 g/mol. The second kappa shape index (κ2) is 8.80. The Morgan fingerprint density at radius 2 is 1.75 bits per heavy atom. The highest BCUT2D eigenvalue weighted by atomic mass is 16.5. The number of piperidine rings is 1. The van der Waals surface area contributed by atoms with Gasteiger partial charge in [0.1, 0.15) is 18.4 Å². The van der Waals surface area contributed by atoms with Crippen molar-refractivity contribution in [2.24, 2.45) is 0 Å². The van der Waals surface area contributed by atoms with Crippen molar-refractivity contribution in [3.8, 4) is 11.8 Å². The zero-order valence-corrected chi connectivity index (χ0v) is 18.3. The second-order valence-electron chi connectivity index (χ2n) is 8.57. The molecule has 4 heteroatoms. The molecular formula is C28H27N3O. The van der Waals surface area contributed by atoms with E-state index in [0.29, 0.717) is 12.5 Å². The lowest BCUT2D eigenvalue weighted by Crippen LogP contribution is -2.33. The Hall–Kier alpha value is -3.71. The van der Waals surface area contributed by atoms with Gasteiger partial charge in [-0.3, -0.25) is 0 Å². The summed E-state index contributed by atoms with van der Waals surface area (Å²) in [4.78, 5) is 5.79. The van der Waals surface area contributed by atoms with Crippen molar-refractivity contribution in [1.29, 1.82) is 5.26 Å². The summed E-state index contributed by atoms with van der Waals surface area (Å²) in [5.74, 6) is 1.48. The Morgan fingerprint density at radius 3 is 2.47 bits per heavy atom. The minimum Gasteiger partial charge on any atom is -0.489 e. The summed E-state index contributed by atoms with van der Waals surface area (Å²) in [6.45, 7) is 4.68. The number of fused-ring (bicyclic) bond motifs is 1. The summed E-state index contributed by atoms with van der Waals surface area (Å²) >= 11 is 0. The van der Waals surface area contributed by atoms with Gasteiger partial charge in [-0.25, -0.2) is 0 Å². The number of rotatable bonds is 5. The van der Waals surface area contributed by atoms with E-state index in [1.807, 2.05) is 24.4 Å². The number of H-pyrrole nitrogens is 1. The van der Waals surface area contributed by atoms with E-state index in [1.165, 1.54) is 16.8 Å². The van der Waals surface area contributed by atoms with Crippen LogP contribution in [0.25, 0.3) is 10.9 Å². The third-order valence-electron chi connectivity index (χ3n) is 6.58. The van der Waals surface area contributed by atoms with Gasteiger partial charge in [-0.05, 0) is 60.6 Å². The summed E-state index contributed by atoms with van der Waals surface area (Å²) in [5, 5.41) is 10.5. The first-order valence-corrected chi connectivity index (χ1v) is 11.3. The highest BCUT2D eigenvalue weighted by molar-refractivity contribution is 5.97. The molecule has 3 aromatic carbocycles. The molecule has 0 amide bonds. The van der Waals surface area contributed by atoms with Crippen LogP contribution in [-0.2, 0) is 6.61 Å². The Kier molecular flexibility index (Phi) is 5.56. The highest BCUT2D eigenvalue weighted by Crippen LogP contribution is 2.35. The number of nitrogens with one attached hydrogen (secondary N) is 1. The molecule has 2 heterocycles. The van der Waals surface area contributed by atoms with Gasteiger partial charge in [0, 0.05) is 24.7 Å². The van der Waals surface area contributed by atoms with Crippen LogP contribution in [0.4, 0.5) is 5.69 Å². The number of benzene rings is 3. The Labute approximate surface area is 189 Å². The van der Waals surface area contributed by atoms with Crippen LogP contribution in [0.1, 0.15) is 41.0 Å². The van der Waals surface area contributed by atoms with Gasteiger partial charge in [0.25, 0.3) is 0 Å². The van der Waals surface area contributed by atoms with E-state index in [0.717, 1.165) is 53.7 Å². The third-order valence-corrected chi connectivity index (χ3v) is 6.58. The molecule has 0 radical (unpaired) electrons. The molecule has 4 aromatic rings. The zero-order chi connectivity index (χ0) is 21.9. The van der Waals surface area contributed by atoms with Crippen LogP contribution < -0.4 is 9.64 Å². The number of aryl methyl sites for hydroxylation is 1. The van der Waals surface area contributed by atoms with Crippen molar-refractivity contribution >= 4 is 16.6 Å². The van der Waals surface area contributed by atoms with Gasteiger partial charge in [0.05, 0.1) is 16.8 Å². The zero-order valence-electron chi connectivity index (χ0n) is 18.3.